The van der Waals surface area contributed by atoms with Gasteiger partial charge < -0.3 is 20.3 Å². The summed E-state index contributed by atoms with van der Waals surface area (Å²) < 4.78 is 35.0. The smallest absolute Gasteiger partial charge is 0.262 e. The molecule has 3 unspecified atom stereocenters. The molecule has 0 radical (unpaired) electrons. The van der Waals surface area contributed by atoms with E-state index in [0.717, 1.165) is 56.3 Å². The van der Waals surface area contributed by atoms with Crippen molar-refractivity contribution in [3.05, 3.63) is 88.7 Å². The first-order valence-electron chi connectivity index (χ1n) is 20.7. The van der Waals surface area contributed by atoms with Gasteiger partial charge in [-0.15, -0.1) is 0 Å². The first-order chi connectivity index (χ1) is 29.9. The van der Waals surface area contributed by atoms with Crippen LogP contribution in [0.4, 0.5) is 31.7 Å². The lowest BCUT2D eigenvalue weighted by atomic mass is 9.95. The molecule has 0 spiro atoms. The number of aromatic nitrogens is 2. The maximum absolute atomic E-state index is 15.7. The zero-order chi connectivity index (χ0) is 43.2. The number of fused-ring (bicyclic) bond motifs is 4. The molecule has 2 bridgehead atoms. The highest BCUT2D eigenvalue weighted by Crippen LogP contribution is 2.39. The van der Waals surface area contributed by atoms with Crippen molar-refractivity contribution in [1.82, 2.24) is 30.0 Å². The molecule has 5 aliphatic rings. The van der Waals surface area contributed by atoms with E-state index >= 15 is 4.39 Å². The summed E-state index contributed by atoms with van der Waals surface area (Å²) in [7, 11) is 1.51. The number of ether oxygens (including phenoxy) is 1. The fraction of sp³-hybridized carbons (Fsp3) is 0.386. The van der Waals surface area contributed by atoms with E-state index in [-0.39, 0.29) is 52.7 Å². The zero-order valence-electron chi connectivity index (χ0n) is 33.8. The number of carbonyl (C=O) groups is 5. The predicted octanol–water partition coefficient (Wildman–Crippen LogP) is 5.27. The molecule has 5 aliphatic heterocycles. The number of likely N-dealkylation sites (tertiary alicyclic amines) is 1. The highest BCUT2D eigenvalue weighted by molar-refractivity contribution is 6.31. The highest BCUT2D eigenvalue weighted by atomic mass is 35.5. The van der Waals surface area contributed by atoms with Crippen LogP contribution < -0.4 is 25.6 Å². The monoisotopic (exact) mass is 867 g/mol. The third-order valence-electron chi connectivity index (χ3n) is 12.7. The minimum atomic E-state index is -1.11. The topological polar surface area (TPSA) is 169 Å². The van der Waals surface area contributed by atoms with Gasteiger partial charge in [0.25, 0.3) is 11.8 Å². The number of carbonyl (C=O) groups excluding carboxylic acids is 5. The van der Waals surface area contributed by atoms with E-state index in [1.54, 1.807) is 18.2 Å². The molecular formula is C44H44ClF2N9O6. The summed E-state index contributed by atoms with van der Waals surface area (Å²) in [6, 6.07) is 9.60. The molecule has 4 fully saturated rings. The lowest BCUT2D eigenvalue weighted by Crippen LogP contribution is -2.55. The third-order valence-corrected chi connectivity index (χ3v) is 13.0. The molecule has 0 saturated carbocycles. The van der Waals surface area contributed by atoms with E-state index < -0.39 is 41.3 Å². The Hall–Kier alpha value is -6.04. The number of piperazine rings is 1. The van der Waals surface area contributed by atoms with Crippen molar-refractivity contribution in [1.29, 1.82) is 0 Å². The number of benzene rings is 3. The van der Waals surface area contributed by atoms with Gasteiger partial charge in [-0.3, -0.25) is 44.0 Å². The second kappa shape index (κ2) is 17.0. The summed E-state index contributed by atoms with van der Waals surface area (Å²) >= 11 is 5.97. The SMILES string of the molecule is COc1cc2ncnc(Nc3ccc(F)c(Cl)c3)c2cc1NC(=O)/C=C/CN1CCC(CN2C3CCC2CN(c2cc4c(cc2F)C(=O)N(C2CCC(=O)NC2=O)C4=O)C3)CC1. The van der Waals surface area contributed by atoms with Gasteiger partial charge in [0, 0.05) is 67.9 Å². The second-order valence-electron chi connectivity index (χ2n) is 16.5. The molecule has 3 N–H and O–H groups in total. The predicted molar refractivity (Wildman–Crippen MR) is 227 cm³/mol. The zero-order valence-corrected chi connectivity index (χ0v) is 34.6. The number of methoxy groups -OCH3 is 1. The summed E-state index contributed by atoms with van der Waals surface area (Å²) in [6.45, 7) is 4.54. The Labute approximate surface area is 360 Å². The molecule has 4 saturated heterocycles. The molecule has 322 valence electrons. The van der Waals surface area contributed by atoms with Gasteiger partial charge in [0.15, 0.2) is 0 Å². The number of halogens is 3. The van der Waals surface area contributed by atoms with E-state index in [4.69, 9.17) is 16.3 Å². The van der Waals surface area contributed by atoms with Gasteiger partial charge in [0.2, 0.25) is 17.7 Å². The van der Waals surface area contributed by atoms with Gasteiger partial charge in [-0.1, -0.05) is 17.7 Å². The number of nitrogens with one attached hydrogen (secondary N) is 3. The van der Waals surface area contributed by atoms with Crippen LogP contribution in [0.2, 0.25) is 5.02 Å². The first-order valence-corrected chi connectivity index (χ1v) is 21.1. The average molecular weight is 868 g/mol. The van der Waals surface area contributed by atoms with E-state index in [1.807, 2.05) is 11.0 Å². The summed E-state index contributed by atoms with van der Waals surface area (Å²) in [5.74, 6) is -2.60. The lowest BCUT2D eigenvalue weighted by Gasteiger charge is -2.44. The van der Waals surface area contributed by atoms with Crippen LogP contribution in [0.3, 0.4) is 0 Å². The summed E-state index contributed by atoms with van der Waals surface area (Å²) in [5.41, 5.74) is 1.83. The minimum absolute atomic E-state index is 0.0103. The van der Waals surface area contributed by atoms with Crippen LogP contribution in [0.5, 0.6) is 5.75 Å². The molecule has 0 aliphatic carbocycles. The number of imide groups is 2. The van der Waals surface area contributed by atoms with E-state index in [0.29, 0.717) is 59.4 Å². The van der Waals surface area contributed by atoms with Crippen LogP contribution in [0, 0.1) is 17.6 Å². The molecular weight excluding hydrogens is 824 g/mol. The van der Waals surface area contributed by atoms with Crippen molar-refractivity contribution in [2.24, 2.45) is 5.92 Å². The van der Waals surface area contributed by atoms with Crippen molar-refractivity contribution < 1.29 is 37.5 Å². The van der Waals surface area contributed by atoms with Crippen LogP contribution in [0.1, 0.15) is 59.2 Å². The lowest BCUT2D eigenvalue weighted by molar-refractivity contribution is -0.136. The molecule has 9 rings (SSSR count). The maximum atomic E-state index is 15.7. The number of hydrogen-bond acceptors (Lipinski definition) is 12. The number of rotatable bonds is 11. The Morgan fingerprint density at radius 2 is 1.68 bits per heavy atom. The fourth-order valence-corrected chi connectivity index (χ4v) is 9.68. The van der Waals surface area contributed by atoms with E-state index in [1.165, 1.54) is 37.7 Å². The molecule has 15 nitrogen and oxygen atoms in total. The van der Waals surface area contributed by atoms with Gasteiger partial charge in [-0.05, 0) is 87.5 Å². The fourth-order valence-electron chi connectivity index (χ4n) is 9.50. The standard InChI is InChI=1S/C44H44ClF2N9O6/c1-62-38-19-34-30(41(49-23-48-34)50-25-4-7-32(46)31(45)15-25)17-35(38)51-39(57)3-2-12-53-13-10-24(11-14-53)20-55-26-5-6-27(55)22-54(21-26)37-18-29-28(16-33(37)47)43(60)56(44(29)61)36-8-9-40(58)52-42(36)59/h2-4,7,15-19,23-24,26-27,36H,5-6,8-14,20-22H2,1H3,(H,51,57)(H,48,49,50)(H,52,58,59)/b3-2+. The number of nitrogens with zero attached hydrogens (tertiary/aromatic N) is 6. The largest absolute Gasteiger partial charge is 0.494 e. The van der Waals surface area contributed by atoms with E-state index in [2.05, 4.69) is 35.7 Å². The molecule has 5 amide bonds. The normalized spacial score (nSPS) is 22.2. The van der Waals surface area contributed by atoms with Crippen molar-refractivity contribution in [3.8, 4) is 5.75 Å². The molecule has 3 aromatic carbocycles. The van der Waals surface area contributed by atoms with Gasteiger partial charge in [0.05, 0.1) is 40.2 Å². The van der Waals surface area contributed by atoms with Crippen molar-refractivity contribution in [2.75, 3.05) is 61.9 Å². The quantitative estimate of drug-likeness (QED) is 0.132. The molecule has 18 heteroatoms. The number of anilines is 4. The van der Waals surface area contributed by atoms with Crippen LogP contribution in [0.15, 0.2) is 60.9 Å². The van der Waals surface area contributed by atoms with Crippen LogP contribution >= 0.6 is 11.6 Å². The van der Waals surface area contributed by atoms with Crippen molar-refractivity contribution in [3.63, 3.8) is 0 Å². The molecule has 3 atom stereocenters. The van der Waals surface area contributed by atoms with E-state index in [9.17, 15) is 28.4 Å². The Balaban J connectivity index is 0.768. The van der Waals surface area contributed by atoms with Crippen LogP contribution in [-0.2, 0) is 14.4 Å². The second-order valence-corrected chi connectivity index (χ2v) is 16.9. The average Bonchev–Trinajstić information content (AvgIpc) is 3.62. The third kappa shape index (κ3) is 8.07. The van der Waals surface area contributed by atoms with Gasteiger partial charge >= 0.3 is 0 Å². The summed E-state index contributed by atoms with van der Waals surface area (Å²) in [6.07, 6.45) is 8.80. The number of piperidine rings is 2. The first kappa shape index (κ1) is 41.3. The molecule has 62 heavy (non-hydrogen) atoms. The summed E-state index contributed by atoms with van der Waals surface area (Å²) in [4.78, 5) is 80.3. The van der Waals surface area contributed by atoms with Gasteiger partial charge in [-0.2, -0.15) is 0 Å². The van der Waals surface area contributed by atoms with Crippen molar-refractivity contribution in [2.45, 2.75) is 56.7 Å². The molecule has 4 aromatic rings. The Morgan fingerprint density at radius 1 is 0.935 bits per heavy atom. The molecule has 1 aromatic heterocycles. The van der Waals surface area contributed by atoms with Crippen LogP contribution in [-0.4, -0.2) is 119 Å². The van der Waals surface area contributed by atoms with Gasteiger partial charge in [-0.25, -0.2) is 18.7 Å². The number of amides is 5. The molecule has 6 heterocycles. The Bertz CT molecular complexity index is 2520. The highest BCUT2D eigenvalue weighted by Gasteiger charge is 2.46. The maximum Gasteiger partial charge on any atom is 0.262 e. The Morgan fingerprint density at radius 3 is 2.39 bits per heavy atom. The van der Waals surface area contributed by atoms with Crippen LogP contribution in [0.25, 0.3) is 10.9 Å². The number of hydrogen-bond donors (Lipinski definition) is 3. The van der Waals surface area contributed by atoms with Gasteiger partial charge in [0.1, 0.15) is 35.6 Å². The van der Waals surface area contributed by atoms with Crippen molar-refractivity contribution >= 4 is 74.9 Å². The minimum Gasteiger partial charge on any atom is -0.494 e. The summed E-state index contributed by atoms with van der Waals surface area (Å²) in [5, 5.41) is 8.81. The Kier molecular flexibility index (Phi) is 11.3.